The van der Waals surface area contributed by atoms with Crippen molar-refractivity contribution in [3.63, 3.8) is 0 Å². The van der Waals surface area contributed by atoms with Crippen LogP contribution < -0.4 is 5.32 Å². The van der Waals surface area contributed by atoms with Gasteiger partial charge in [-0.25, -0.2) is 4.79 Å². The number of amides is 2. The molecule has 1 aliphatic carbocycles. The van der Waals surface area contributed by atoms with Crippen molar-refractivity contribution in [3.8, 4) is 0 Å². The molecule has 1 fully saturated rings. The van der Waals surface area contributed by atoms with Gasteiger partial charge in [0.15, 0.2) is 0 Å². The Morgan fingerprint density at radius 3 is 2.48 bits per heavy atom. The van der Waals surface area contributed by atoms with Crippen LogP contribution >= 0.6 is 11.3 Å². The quantitative estimate of drug-likeness (QED) is 0.811. The van der Waals surface area contributed by atoms with Crippen molar-refractivity contribution < 1.29 is 19.5 Å². The maximum Gasteiger partial charge on any atom is 0.339 e. The van der Waals surface area contributed by atoms with Gasteiger partial charge in [0.1, 0.15) is 5.00 Å². The van der Waals surface area contributed by atoms with E-state index in [0.29, 0.717) is 18.1 Å². The molecule has 1 aliphatic heterocycles. The fourth-order valence-electron chi connectivity index (χ4n) is 2.94. The van der Waals surface area contributed by atoms with Crippen LogP contribution in [0.4, 0.5) is 5.00 Å². The molecule has 21 heavy (non-hydrogen) atoms. The Kier molecular flexibility index (Phi) is 3.67. The molecule has 1 aromatic heterocycles. The second kappa shape index (κ2) is 5.48. The topological polar surface area (TPSA) is 86.7 Å². The number of carboxylic acids is 1. The normalized spacial score (nSPS) is 16.9. The Labute approximate surface area is 125 Å². The predicted molar refractivity (Wildman–Crippen MR) is 77.7 cm³/mol. The van der Waals surface area contributed by atoms with Crippen LogP contribution in [-0.4, -0.2) is 40.9 Å². The van der Waals surface area contributed by atoms with E-state index in [4.69, 9.17) is 0 Å². The molecule has 1 aromatic rings. The van der Waals surface area contributed by atoms with Gasteiger partial charge in [-0.05, 0) is 37.7 Å². The predicted octanol–water partition coefficient (Wildman–Crippen LogP) is 1.50. The summed E-state index contributed by atoms with van der Waals surface area (Å²) in [4.78, 5) is 37.9. The van der Waals surface area contributed by atoms with Crippen LogP contribution in [-0.2, 0) is 22.4 Å². The summed E-state index contributed by atoms with van der Waals surface area (Å²) in [6.45, 7) is 1.19. The molecule has 2 heterocycles. The average molecular weight is 308 g/mol. The number of hydrogen-bond donors (Lipinski definition) is 2. The summed E-state index contributed by atoms with van der Waals surface area (Å²) >= 11 is 1.28. The number of rotatable bonds is 2. The summed E-state index contributed by atoms with van der Waals surface area (Å²) in [7, 11) is 0. The molecule has 0 aromatic carbocycles. The maximum absolute atomic E-state index is 12.0. The van der Waals surface area contributed by atoms with Gasteiger partial charge in [-0.2, -0.15) is 0 Å². The second-order valence-corrected chi connectivity index (χ2v) is 6.43. The number of hydrogen-bond acceptors (Lipinski definition) is 4. The summed E-state index contributed by atoms with van der Waals surface area (Å²) in [6, 6.07) is 0. The van der Waals surface area contributed by atoms with Crippen molar-refractivity contribution in [2.24, 2.45) is 0 Å². The van der Waals surface area contributed by atoms with Gasteiger partial charge >= 0.3 is 17.8 Å². The lowest BCUT2D eigenvalue weighted by molar-refractivity contribution is -0.142. The summed E-state index contributed by atoms with van der Waals surface area (Å²) in [6.07, 6.45) is 4.33. The highest BCUT2D eigenvalue weighted by Gasteiger charge is 2.30. The van der Waals surface area contributed by atoms with Crippen LogP contribution in [0, 0.1) is 0 Å². The van der Waals surface area contributed by atoms with Gasteiger partial charge in [-0.1, -0.05) is 0 Å². The van der Waals surface area contributed by atoms with Crippen LogP contribution in [0.3, 0.4) is 0 Å². The minimum absolute atomic E-state index is 0.162. The molecule has 112 valence electrons. The first kappa shape index (κ1) is 14.1. The van der Waals surface area contributed by atoms with E-state index in [-0.39, 0.29) is 5.56 Å². The number of carbonyl (C=O) groups excluding carboxylic acids is 2. The van der Waals surface area contributed by atoms with Crippen molar-refractivity contribution in [3.05, 3.63) is 16.0 Å². The molecule has 2 amide bonds. The van der Waals surface area contributed by atoms with Gasteiger partial charge in [0.25, 0.3) is 0 Å². The van der Waals surface area contributed by atoms with Gasteiger partial charge < -0.3 is 15.3 Å². The standard InChI is InChI=1S/C14H16N2O4S/c17-11(13(18)16-6-1-2-7-16)15-12-10(14(19)20)8-4-3-5-9(8)21-12/h1-7H2,(H,15,17)(H,19,20). The van der Waals surface area contributed by atoms with Crippen molar-refractivity contribution >= 4 is 34.1 Å². The molecular weight excluding hydrogens is 292 g/mol. The van der Waals surface area contributed by atoms with E-state index in [1.165, 1.54) is 16.2 Å². The van der Waals surface area contributed by atoms with E-state index in [1.54, 1.807) is 0 Å². The number of nitrogens with one attached hydrogen (secondary N) is 1. The van der Waals surface area contributed by atoms with Crippen LogP contribution in [0.15, 0.2) is 0 Å². The molecule has 7 heteroatoms. The molecular formula is C14H16N2O4S. The third-order valence-electron chi connectivity index (χ3n) is 3.95. The Morgan fingerprint density at radius 1 is 1.10 bits per heavy atom. The Bertz CT molecular complexity index is 617. The average Bonchev–Trinajstić information content (AvgIpc) is 3.13. The summed E-state index contributed by atoms with van der Waals surface area (Å²) in [5.41, 5.74) is 0.978. The minimum atomic E-state index is -1.04. The first-order valence-corrected chi connectivity index (χ1v) is 7.87. The first-order chi connectivity index (χ1) is 10.1. The molecule has 2 aliphatic rings. The molecule has 2 N–H and O–H groups in total. The Morgan fingerprint density at radius 2 is 1.81 bits per heavy atom. The molecule has 0 spiro atoms. The first-order valence-electron chi connectivity index (χ1n) is 7.06. The monoisotopic (exact) mass is 308 g/mol. The number of aromatic carboxylic acids is 1. The van der Waals surface area contributed by atoms with Crippen molar-refractivity contribution in [2.45, 2.75) is 32.1 Å². The van der Waals surface area contributed by atoms with E-state index >= 15 is 0 Å². The van der Waals surface area contributed by atoms with Crippen LogP contribution in [0.25, 0.3) is 0 Å². The van der Waals surface area contributed by atoms with E-state index in [9.17, 15) is 19.5 Å². The van der Waals surface area contributed by atoms with Gasteiger partial charge in [0, 0.05) is 18.0 Å². The molecule has 0 unspecified atom stereocenters. The number of anilines is 1. The highest BCUT2D eigenvalue weighted by atomic mass is 32.1. The van der Waals surface area contributed by atoms with Crippen LogP contribution in [0.2, 0.25) is 0 Å². The Hall–Kier alpha value is -1.89. The van der Waals surface area contributed by atoms with E-state index < -0.39 is 17.8 Å². The molecule has 0 radical (unpaired) electrons. The van der Waals surface area contributed by atoms with E-state index in [0.717, 1.165) is 42.5 Å². The summed E-state index contributed by atoms with van der Waals surface area (Å²) in [5, 5.41) is 12.1. The molecule has 0 atom stereocenters. The smallest absolute Gasteiger partial charge is 0.339 e. The zero-order chi connectivity index (χ0) is 15.0. The summed E-state index contributed by atoms with van der Waals surface area (Å²) < 4.78 is 0. The van der Waals surface area contributed by atoms with Gasteiger partial charge in [-0.3, -0.25) is 9.59 Å². The van der Waals surface area contributed by atoms with Crippen LogP contribution in [0.5, 0.6) is 0 Å². The number of carbonyl (C=O) groups is 3. The van der Waals surface area contributed by atoms with Crippen LogP contribution in [0.1, 0.15) is 40.1 Å². The fourth-order valence-corrected chi connectivity index (χ4v) is 4.22. The lowest BCUT2D eigenvalue weighted by Gasteiger charge is -2.14. The van der Waals surface area contributed by atoms with Gasteiger partial charge in [0.05, 0.1) is 5.56 Å². The number of aryl methyl sites for hydroxylation is 1. The summed E-state index contributed by atoms with van der Waals surface area (Å²) in [5.74, 6) is -2.35. The highest BCUT2D eigenvalue weighted by molar-refractivity contribution is 7.17. The van der Waals surface area contributed by atoms with Gasteiger partial charge in [-0.15, -0.1) is 11.3 Å². The second-order valence-electron chi connectivity index (χ2n) is 5.32. The lowest BCUT2D eigenvalue weighted by Crippen LogP contribution is -2.37. The van der Waals surface area contributed by atoms with Crippen molar-refractivity contribution in [1.29, 1.82) is 0 Å². The lowest BCUT2D eigenvalue weighted by atomic mass is 10.1. The Balaban J connectivity index is 1.80. The number of thiophene rings is 1. The van der Waals surface area contributed by atoms with E-state index in [2.05, 4.69) is 5.32 Å². The third kappa shape index (κ3) is 2.53. The number of likely N-dealkylation sites (tertiary alicyclic amines) is 1. The third-order valence-corrected chi connectivity index (χ3v) is 5.16. The molecule has 3 rings (SSSR count). The molecule has 6 nitrogen and oxygen atoms in total. The number of fused-ring (bicyclic) bond motifs is 1. The van der Waals surface area contributed by atoms with E-state index in [1.807, 2.05) is 0 Å². The van der Waals surface area contributed by atoms with Gasteiger partial charge in [0.2, 0.25) is 0 Å². The largest absolute Gasteiger partial charge is 0.478 e. The fraction of sp³-hybridized carbons (Fsp3) is 0.500. The minimum Gasteiger partial charge on any atom is -0.478 e. The number of nitrogens with zero attached hydrogens (tertiary/aromatic N) is 1. The maximum atomic E-state index is 12.0. The molecule has 0 bridgehead atoms. The molecule has 0 saturated carbocycles. The highest BCUT2D eigenvalue weighted by Crippen LogP contribution is 2.39. The van der Waals surface area contributed by atoms with Crippen molar-refractivity contribution in [2.75, 3.05) is 18.4 Å². The zero-order valence-corrected chi connectivity index (χ0v) is 12.3. The molecule has 1 saturated heterocycles. The number of carboxylic acid groups (broad SMARTS) is 1. The zero-order valence-electron chi connectivity index (χ0n) is 11.5. The SMILES string of the molecule is O=C(Nc1sc2c(c1C(=O)O)CCC2)C(=O)N1CCCC1. The van der Waals surface area contributed by atoms with Crippen molar-refractivity contribution in [1.82, 2.24) is 4.90 Å².